The average Bonchev–Trinajstić information content (AvgIpc) is 2.28. The van der Waals surface area contributed by atoms with E-state index in [2.05, 4.69) is 22.6 Å². The fourth-order valence-electron chi connectivity index (χ4n) is 1.37. The van der Waals surface area contributed by atoms with Crippen molar-refractivity contribution in [3.63, 3.8) is 0 Å². The van der Waals surface area contributed by atoms with Gasteiger partial charge in [0.25, 0.3) is 5.91 Å². The zero-order chi connectivity index (χ0) is 13.0. The van der Waals surface area contributed by atoms with Crippen molar-refractivity contribution < 1.29 is 14.7 Å². The van der Waals surface area contributed by atoms with Crippen LogP contribution in [0.3, 0.4) is 0 Å². The molecule has 0 radical (unpaired) electrons. The van der Waals surface area contributed by atoms with Crippen LogP contribution in [0, 0.1) is 10.5 Å². The molecule has 0 heterocycles. The lowest BCUT2D eigenvalue weighted by Crippen LogP contribution is -2.29. The van der Waals surface area contributed by atoms with E-state index in [-0.39, 0.29) is 18.9 Å². The molecule has 0 spiro atoms. The van der Waals surface area contributed by atoms with Gasteiger partial charge in [0.05, 0.1) is 12.0 Å². The average molecular weight is 347 g/mol. The van der Waals surface area contributed by atoms with Crippen molar-refractivity contribution in [2.75, 3.05) is 13.6 Å². The van der Waals surface area contributed by atoms with E-state index in [1.54, 1.807) is 7.05 Å². The van der Waals surface area contributed by atoms with Crippen LogP contribution in [0.5, 0.6) is 0 Å². The van der Waals surface area contributed by atoms with Crippen molar-refractivity contribution in [2.45, 2.75) is 13.3 Å². The molecule has 1 N–H and O–H groups in total. The minimum absolute atomic E-state index is 0.0371. The molecule has 0 aromatic heterocycles. The molecule has 1 aromatic carbocycles. The molecule has 17 heavy (non-hydrogen) atoms. The molecule has 0 aliphatic rings. The summed E-state index contributed by atoms with van der Waals surface area (Å²) in [7, 11) is 1.61. The highest BCUT2D eigenvalue weighted by Crippen LogP contribution is 2.16. The monoisotopic (exact) mass is 347 g/mol. The molecule has 5 heteroatoms. The number of carbonyl (C=O) groups excluding carboxylic acids is 1. The van der Waals surface area contributed by atoms with E-state index < -0.39 is 5.97 Å². The normalized spacial score (nSPS) is 10.1. The Morgan fingerprint density at radius 1 is 1.41 bits per heavy atom. The quantitative estimate of drug-likeness (QED) is 0.850. The third kappa shape index (κ3) is 3.99. The van der Waals surface area contributed by atoms with E-state index >= 15 is 0 Å². The number of hydrogen-bond acceptors (Lipinski definition) is 2. The maximum Gasteiger partial charge on any atom is 0.305 e. The number of hydrogen-bond donors (Lipinski definition) is 1. The zero-order valence-electron chi connectivity index (χ0n) is 9.74. The number of benzene rings is 1. The minimum Gasteiger partial charge on any atom is -0.481 e. The summed E-state index contributed by atoms with van der Waals surface area (Å²) in [5, 5.41) is 8.57. The second-order valence-electron chi connectivity index (χ2n) is 3.85. The maximum absolute atomic E-state index is 12.1. The number of carbonyl (C=O) groups is 2. The molecule has 0 bridgehead atoms. The van der Waals surface area contributed by atoms with Gasteiger partial charge in [-0.25, -0.2) is 0 Å². The first-order chi connectivity index (χ1) is 7.91. The van der Waals surface area contributed by atoms with Crippen LogP contribution < -0.4 is 0 Å². The summed E-state index contributed by atoms with van der Waals surface area (Å²) < 4.78 is 0.875. The molecule has 1 amide bonds. The highest BCUT2D eigenvalue weighted by atomic mass is 127. The van der Waals surface area contributed by atoms with E-state index in [1.165, 1.54) is 4.90 Å². The summed E-state index contributed by atoms with van der Waals surface area (Å²) in [5.41, 5.74) is 1.64. The number of aryl methyl sites for hydroxylation is 1. The summed E-state index contributed by atoms with van der Waals surface area (Å²) in [4.78, 5) is 23.9. The maximum atomic E-state index is 12.1. The molecule has 92 valence electrons. The predicted molar refractivity (Wildman–Crippen MR) is 73.1 cm³/mol. The SMILES string of the molecule is Cc1ccc(I)c(C(=O)N(C)CCC(=O)O)c1. The Morgan fingerprint density at radius 2 is 2.06 bits per heavy atom. The number of halogens is 1. The summed E-state index contributed by atoms with van der Waals surface area (Å²) in [5.74, 6) is -1.04. The molecular weight excluding hydrogens is 333 g/mol. The van der Waals surface area contributed by atoms with Crippen molar-refractivity contribution in [3.8, 4) is 0 Å². The molecule has 4 nitrogen and oxygen atoms in total. The smallest absolute Gasteiger partial charge is 0.305 e. The number of rotatable bonds is 4. The summed E-state index contributed by atoms with van der Waals surface area (Å²) in [6, 6.07) is 5.64. The highest BCUT2D eigenvalue weighted by molar-refractivity contribution is 14.1. The largest absolute Gasteiger partial charge is 0.481 e. The lowest BCUT2D eigenvalue weighted by atomic mass is 10.1. The third-order valence-corrected chi connectivity index (χ3v) is 3.30. The Kier molecular flexibility index (Phi) is 4.92. The van der Waals surface area contributed by atoms with E-state index in [1.807, 2.05) is 25.1 Å². The van der Waals surface area contributed by atoms with Gasteiger partial charge in [-0.2, -0.15) is 0 Å². The van der Waals surface area contributed by atoms with Crippen LogP contribution in [-0.2, 0) is 4.79 Å². The number of carboxylic acid groups (broad SMARTS) is 1. The Morgan fingerprint density at radius 3 is 2.65 bits per heavy atom. The summed E-state index contributed by atoms with van der Waals surface area (Å²) >= 11 is 2.10. The molecule has 0 atom stereocenters. The Balaban J connectivity index is 2.81. The first-order valence-electron chi connectivity index (χ1n) is 5.15. The molecule has 0 aliphatic heterocycles. The van der Waals surface area contributed by atoms with Gasteiger partial charge in [0.15, 0.2) is 0 Å². The number of amides is 1. The van der Waals surface area contributed by atoms with Gasteiger partial charge >= 0.3 is 5.97 Å². The van der Waals surface area contributed by atoms with Crippen molar-refractivity contribution >= 4 is 34.5 Å². The van der Waals surface area contributed by atoms with Crippen LogP contribution in [0.2, 0.25) is 0 Å². The predicted octanol–water partition coefficient (Wildman–Crippen LogP) is 2.15. The zero-order valence-corrected chi connectivity index (χ0v) is 11.9. The van der Waals surface area contributed by atoms with Gasteiger partial charge in [-0.3, -0.25) is 9.59 Å². The molecule has 0 fully saturated rings. The molecule has 0 saturated heterocycles. The van der Waals surface area contributed by atoms with Gasteiger partial charge in [0, 0.05) is 17.2 Å². The molecule has 1 rings (SSSR count). The lowest BCUT2D eigenvalue weighted by molar-refractivity contribution is -0.137. The van der Waals surface area contributed by atoms with Gasteiger partial charge in [-0.05, 0) is 41.6 Å². The van der Waals surface area contributed by atoms with Gasteiger partial charge in [-0.1, -0.05) is 11.6 Å². The van der Waals surface area contributed by atoms with Gasteiger partial charge in [0.2, 0.25) is 0 Å². The Hall–Kier alpha value is -1.11. The van der Waals surface area contributed by atoms with Crippen LogP contribution in [0.4, 0.5) is 0 Å². The van der Waals surface area contributed by atoms with Crippen LogP contribution >= 0.6 is 22.6 Å². The third-order valence-electron chi connectivity index (χ3n) is 2.36. The molecular formula is C12H14INO3. The van der Waals surface area contributed by atoms with Crippen molar-refractivity contribution in [1.29, 1.82) is 0 Å². The Labute approximate surface area is 114 Å². The van der Waals surface area contributed by atoms with E-state index in [9.17, 15) is 9.59 Å². The van der Waals surface area contributed by atoms with Crippen LogP contribution in [0.25, 0.3) is 0 Å². The second-order valence-corrected chi connectivity index (χ2v) is 5.02. The summed E-state index contributed by atoms with van der Waals surface area (Å²) in [6.07, 6.45) is -0.0371. The number of aliphatic carboxylic acids is 1. The van der Waals surface area contributed by atoms with Gasteiger partial charge in [-0.15, -0.1) is 0 Å². The van der Waals surface area contributed by atoms with Gasteiger partial charge in [0.1, 0.15) is 0 Å². The lowest BCUT2D eigenvalue weighted by Gasteiger charge is -2.17. The Bertz CT molecular complexity index is 445. The fraction of sp³-hybridized carbons (Fsp3) is 0.333. The fourth-order valence-corrected chi connectivity index (χ4v) is 1.94. The highest BCUT2D eigenvalue weighted by Gasteiger charge is 2.15. The topological polar surface area (TPSA) is 57.6 Å². The van der Waals surface area contributed by atoms with E-state index in [0.717, 1.165) is 9.13 Å². The number of carboxylic acids is 1. The molecule has 0 aliphatic carbocycles. The van der Waals surface area contributed by atoms with Crippen molar-refractivity contribution in [3.05, 3.63) is 32.9 Å². The second kappa shape index (κ2) is 6.00. The van der Waals surface area contributed by atoms with Crippen LogP contribution in [0.15, 0.2) is 18.2 Å². The van der Waals surface area contributed by atoms with Crippen LogP contribution in [-0.4, -0.2) is 35.5 Å². The first kappa shape index (κ1) is 14.0. The van der Waals surface area contributed by atoms with Crippen molar-refractivity contribution in [1.82, 2.24) is 4.90 Å². The molecule has 0 unspecified atom stereocenters. The standard InChI is InChI=1S/C12H14INO3/c1-8-3-4-10(13)9(7-8)12(17)14(2)6-5-11(15)16/h3-4,7H,5-6H2,1-2H3,(H,15,16). The van der Waals surface area contributed by atoms with Crippen molar-refractivity contribution in [2.24, 2.45) is 0 Å². The van der Waals surface area contributed by atoms with Crippen LogP contribution in [0.1, 0.15) is 22.3 Å². The van der Waals surface area contributed by atoms with E-state index in [0.29, 0.717) is 5.56 Å². The molecule has 1 aromatic rings. The minimum atomic E-state index is -0.899. The number of nitrogens with zero attached hydrogens (tertiary/aromatic N) is 1. The summed E-state index contributed by atoms with van der Waals surface area (Å²) in [6.45, 7) is 2.14. The van der Waals surface area contributed by atoms with E-state index in [4.69, 9.17) is 5.11 Å². The van der Waals surface area contributed by atoms with Gasteiger partial charge < -0.3 is 10.0 Å². The molecule has 0 saturated carbocycles. The first-order valence-corrected chi connectivity index (χ1v) is 6.23.